The first-order chi connectivity index (χ1) is 6.47. The van der Waals surface area contributed by atoms with Gasteiger partial charge in [0.25, 0.3) is 0 Å². The van der Waals surface area contributed by atoms with Crippen molar-refractivity contribution < 1.29 is 13.2 Å². The number of rotatable bonds is 6. The van der Waals surface area contributed by atoms with Crippen molar-refractivity contribution in [2.24, 2.45) is 5.92 Å². The Labute approximate surface area is 84.3 Å². The molecule has 0 heterocycles. The average molecular weight is 220 g/mol. The van der Waals surface area contributed by atoms with E-state index in [0.29, 0.717) is 5.92 Å². The van der Waals surface area contributed by atoms with Crippen molar-refractivity contribution >= 4 is 15.9 Å². The lowest BCUT2D eigenvalue weighted by Crippen LogP contribution is -2.31. The molecule has 14 heavy (non-hydrogen) atoms. The average Bonchev–Trinajstić information content (AvgIpc) is 2.81. The first-order valence-electron chi connectivity index (χ1n) is 4.69. The van der Waals surface area contributed by atoms with Gasteiger partial charge in [-0.1, -0.05) is 0 Å². The van der Waals surface area contributed by atoms with Crippen LogP contribution in [0.5, 0.6) is 0 Å². The second kappa shape index (κ2) is 4.75. The van der Waals surface area contributed by atoms with E-state index in [-0.39, 0.29) is 18.9 Å². The van der Waals surface area contributed by atoms with E-state index in [0.717, 1.165) is 12.8 Å². The van der Waals surface area contributed by atoms with Crippen molar-refractivity contribution in [1.82, 2.24) is 10.0 Å². The molecule has 1 aliphatic carbocycles. The largest absolute Gasteiger partial charge is 0.356 e. The molecule has 0 radical (unpaired) electrons. The monoisotopic (exact) mass is 220 g/mol. The molecule has 82 valence electrons. The molecule has 1 fully saturated rings. The molecule has 0 atom stereocenters. The van der Waals surface area contributed by atoms with Gasteiger partial charge in [0, 0.05) is 19.5 Å². The molecule has 0 unspecified atom stereocenters. The summed E-state index contributed by atoms with van der Waals surface area (Å²) in [6.07, 6.45) is 3.68. The van der Waals surface area contributed by atoms with Crippen LogP contribution >= 0.6 is 0 Å². The predicted molar refractivity (Wildman–Crippen MR) is 53.2 cm³/mol. The lowest BCUT2D eigenvalue weighted by atomic mass is 10.3. The topological polar surface area (TPSA) is 75.3 Å². The minimum absolute atomic E-state index is 0.0898. The van der Waals surface area contributed by atoms with Crippen LogP contribution in [0.15, 0.2) is 0 Å². The molecule has 1 saturated carbocycles. The van der Waals surface area contributed by atoms with Gasteiger partial charge in [-0.05, 0) is 18.8 Å². The van der Waals surface area contributed by atoms with Gasteiger partial charge in [-0.25, -0.2) is 13.1 Å². The van der Waals surface area contributed by atoms with Gasteiger partial charge in [-0.15, -0.1) is 0 Å². The quantitative estimate of drug-likeness (QED) is 0.631. The summed E-state index contributed by atoms with van der Waals surface area (Å²) in [5, 5.41) is 2.76. The number of hydrogen-bond acceptors (Lipinski definition) is 3. The van der Waals surface area contributed by atoms with E-state index in [1.54, 1.807) is 0 Å². The maximum absolute atomic E-state index is 11.1. The van der Waals surface area contributed by atoms with Crippen molar-refractivity contribution in [2.75, 3.05) is 19.3 Å². The maximum atomic E-state index is 11.1. The summed E-state index contributed by atoms with van der Waals surface area (Å²) >= 11 is 0. The highest BCUT2D eigenvalue weighted by Gasteiger charge is 2.21. The second-order valence-electron chi connectivity index (χ2n) is 3.66. The minimum atomic E-state index is -3.17. The number of hydrogen-bond donors (Lipinski definition) is 2. The minimum Gasteiger partial charge on any atom is -0.356 e. The first-order valence-corrected chi connectivity index (χ1v) is 6.58. The summed E-state index contributed by atoms with van der Waals surface area (Å²) in [6, 6.07) is 0. The Morgan fingerprint density at radius 1 is 1.43 bits per heavy atom. The van der Waals surface area contributed by atoms with Crippen molar-refractivity contribution in [1.29, 1.82) is 0 Å². The van der Waals surface area contributed by atoms with E-state index >= 15 is 0 Å². The van der Waals surface area contributed by atoms with Crippen LogP contribution in [0.25, 0.3) is 0 Å². The van der Waals surface area contributed by atoms with Gasteiger partial charge in [0.15, 0.2) is 0 Å². The summed E-state index contributed by atoms with van der Waals surface area (Å²) < 4.78 is 23.6. The molecular weight excluding hydrogens is 204 g/mol. The van der Waals surface area contributed by atoms with E-state index in [9.17, 15) is 13.2 Å². The van der Waals surface area contributed by atoms with Crippen LogP contribution in [0.4, 0.5) is 0 Å². The molecule has 6 heteroatoms. The first kappa shape index (κ1) is 11.5. The van der Waals surface area contributed by atoms with Crippen LogP contribution < -0.4 is 10.0 Å². The molecule has 0 spiro atoms. The molecule has 1 amide bonds. The summed E-state index contributed by atoms with van der Waals surface area (Å²) in [5.41, 5.74) is 0. The number of amides is 1. The molecule has 0 aliphatic heterocycles. The number of carbonyl (C=O) groups excluding carboxylic acids is 1. The van der Waals surface area contributed by atoms with Crippen LogP contribution in [0.3, 0.4) is 0 Å². The van der Waals surface area contributed by atoms with Crippen LogP contribution in [0, 0.1) is 5.92 Å². The fourth-order valence-electron chi connectivity index (χ4n) is 1.02. The van der Waals surface area contributed by atoms with Gasteiger partial charge >= 0.3 is 0 Å². The summed E-state index contributed by atoms with van der Waals surface area (Å²) in [4.78, 5) is 11.1. The Kier molecular flexibility index (Phi) is 3.88. The zero-order valence-corrected chi connectivity index (χ0v) is 9.06. The van der Waals surface area contributed by atoms with E-state index < -0.39 is 10.0 Å². The molecule has 0 aromatic heterocycles. The van der Waals surface area contributed by atoms with Crippen molar-refractivity contribution in [2.45, 2.75) is 19.3 Å². The molecular formula is C8H16N2O3S. The lowest BCUT2D eigenvalue weighted by Gasteiger charge is -2.04. The molecule has 2 N–H and O–H groups in total. The van der Waals surface area contributed by atoms with Gasteiger partial charge in [-0.2, -0.15) is 0 Å². The molecule has 0 bridgehead atoms. The van der Waals surface area contributed by atoms with Crippen LogP contribution in [-0.2, 0) is 14.8 Å². The smallest absolute Gasteiger partial charge is 0.221 e. The highest BCUT2D eigenvalue weighted by atomic mass is 32.2. The fourth-order valence-corrected chi connectivity index (χ4v) is 1.49. The Hall–Kier alpha value is -0.620. The van der Waals surface area contributed by atoms with Crippen molar-refractivity contribution in [3.05, 3.63) is 0 Å². The third kappa shape index (κ3) is 5.93. The van der Waals surface area contributed by atoms with Crippen LogP contribution in [-0.4, -0.2) is 33.7 Å². The fraction of sp³-hybridized carbons (Fsp3) is 0.875. The maximum Gasteiger partial charge on any atom is 0.221 e. The molecule has 0 aromatic carbocycles. The normalized spacial score (nSPS) is 16.6. The standard InChI is InChI=1S/C8H16N2O3S/c1-14(12,13)10-5-4-8(11)9-6-7-2-3-7/h7,10H,2-6H2,1H3,(H,9,11). The van der Waals surface area contributed by atoms with E-state index in [1.807, 2.05) is 0 Å². The van der Waals surface area contributed by atoms with Crippen molar-refractivity contribution in [3.8, 4) is 0 Å². The zero-order chi connectivity index (χ0) is 10.6. The Morgan fingerprint density at radius 3 is 2.57 bits per heavy atom. The van der Waals surface area contributed by atoms with E-state index in [2.05, 4.69) is 10.0 Å². The van der Waals surface area contributed by atoms with Crippen LogP contribution in [0.2, 0.25) is 0 Å². The van der Waals surface area contributed by atoms with Gasteiger partial charge < -0.3 is 5.32 Å². The Bertz CT molecular complexity index is 296. The van der Waals surface area contributed by atoms with E-state index in [1.165, 1.54) is 12.8 Å². The van der Waals surface area contributed by atoms with Gasteiger partial charge in [0.05, 0.1) is 6.26 Å². The highest BCUT2D eigenvalue weighted by molar-refractivity contribution is 7.88. The Balaban J connectivity index is 2.02. The summed E-state index contributed by atoms with van der Waals surface area (Å²) in [6.45, 7) is 0.910. The predicted octanol–water partition coefficient (Wildman–Crippen LogP) is -0.548. The zero-order valence-electron chi connectivity index (χ0n) is 8.25. The molecule has 1 aliphatic rings. The molecule has 0 aromatic rings. The van der Waals surface area contributed by atoms with Gasteiger partial charge in [-0.3, -0.25) is 4.79 Å². The summed E-state index contributed by atoms with van der Waals surface area (Å²) in [5.74, 6) is 0.565. The second-order valence-corrected chi connectivity index (χ2v) is 5.50. The Morgan fingerprint density at radius 2 is 2.07 bits per heavy atom. The third-order valence-electron chi connectivity index (χ3n) is 2.00. The summed E-state index contributed by atoms with van der Waals surface area (Å²) in [7, 11) is -3.17. The van der Waals surface area contributed by atoms with Crippen molar-refractivity contribution in [3.63, 3.8) is 0 Å². The van der Waals surface area contributed by atoms with E-state index in [4.69, 9.17) is 0 Å². The molecule has 0 saturated heterocycles. The SMILES string of the molecule is CS(=O)(=O)NCCC(=O)NCC1CC1. The molecule has 5 nitrogen and oxygen atoms in total. The lowest BCUT2D eigenvalue weighted by molar-refractivity contribution is -0.120. The third-order valence-corrected chi connectivity index (χ3v) is 2.73. The number of nitrogens with one attached hydrogen (secondary N) is 2. The van der Waals surface area contributed by atoms with Gasteiger partial charge in [0.2, 0.25) is 15.9 Å². The number of sulfonamides is 1. The van der Waals surface area contributed by atoms with Crippen LogP contribution in [0.1, 0.15) is 19.3 Å². The molecule has 1 rings (SSSR count). The van der Waals surface area contributed by atoms with Gasteiger partial charge in [0.1, 0.15) is 0 Å². The number of carbonyl (C=O) groups is 1. The highest BCUT2D eigenvalue weighted by Crippen LogP contribution is 2.27.